The molecule has 3 rings (SSSR count). The lowest BCUT2D eigenvalue weighted by molar-refractivity contribution is 0.403. The summed E-state index contributed by atoms with van der Waals surface area (Å²) < 4.78 is 5.79. The minimum atomic E-state index is -0.878. The lowest BCUT2D eigenvalue weighted by Gasteiger charge is -2.12. The van der Waals surface area contributed by atoms with Gasteiger partial charge in [0, 0.05) is 17.2 Å². The van der Waals surface area contributed by atoms with Crippen LogP contribution in [0.3, 0.4) is 0 Å². The Morgan fingerprint density at radius 1 is 0.906 bits per heavy atom. The van der Waals surface area contributed by atoms with Crippen molar-refractivity contribution in [3.05, 3.63) is 63.4 Å². The molecule has 2 aromatic carbocycles. The third kappa shape index (κ3) is 4.56. The Bertz CT molecular complexity index is 1290. The maximum absolute atomic E-state index is 12.8. The largest absolute Gasteiger partial charge is 0.507 e. The van der Waals surface area contributed by atoms with Gasteiger partial charge in [0.1, 0.15) is 22.5 Å². The molecule has 0 atom stereocenters. The van der Waals surface area contributed by atoms with E-state index in [1.165, 1.54) is 17.7 Å². The number of phenolic OH excluding ortho intramolecular Hbond substituents is 4. The van der Waals surface area contributed by atoms with E-state index in [2.05, 4.69) is 6.08 Å². The van der Waals surface area contributed by atoms with Gasteiger partial charge in [-0.1, -0.05) is 23.3 Å². The highest BCUT2D eigenvalue weighted by Gasteiger charge is 2.22. The van der Waals surface area contributed by atoms with E-state index in [4.69, 9.17) is 4.42 Å². The van der Waals surface area contributed by atoms with Crippen molar-refractivity contribution in [3.63, 3.8) is 0 Å². The zero-order valence-corrected chi connectivity index (χ0v) is 18.1. The van der Waals surface area contributed by atoms with Crippen molar-refractivity contribution in [1.29, 1.82) is 0 Å². The lowest BCUT2D eigenvalue weighted by atomic mass is 10.0. The molecule has 1 heterocycles. The van der Waals surface area contributed by atoms with Gasteiger partial charge in [0.15, 0.2) is 17.3 Å². The van der Waals surface area contributed by atoms with Crippen LogP contribution in [0, 0.1) is 0 Å². The molecule has 0 saturated carbocycles. The molecule has 0 radical (unpaired) electrons. The minimum Gasteiger partial charge on any atom is -0.507 e. The molecule has 5 N–H and O–H groups in total. The van der Waals surface area contributed by atoms with E-state index in [1.807, 2.05) is 26.8 Å². The van der Waals surface area contributed by atoms with E-state index in [0.29, 0.717) is 0 Å². The molecule has 0 saturated heterocycles. The number of aromatic hydroxyl groups is 5. The summed E-state index contributed by atoms with van der Waals surface area (Å²) in [5.41, 5.74) is 1.78. The van der Waals surface area contributed by atoms with Gasteiger partial charge in [-0.2, -0.15) is 0 Å². The van der Waals surface area contributed by atoms with E-state index in [1.54, 1.807) is 0 Å². The van der Waals surface area contributed by atoms with Crippen LogP contribution in [0.1, 0.15) is 39.2 Å². The van der Waals surface area contributed by atoms with Crippen molar-refractivity contribution in [2.24, 2.45) is 0 Å². The number of allylic oxidation sites excluding steroid dienone is 4. The van der Waals surface area contributed by atoms with E-state index < -0.39 is 22.7 Å². The number of phenols is 4. The highest BCUT2D eigenvalue weighted by molar-refractivity contribution is 5.91. The molecule has 168 valence electrons. The predicted octanol–water partition coefficient (Wildman–Crippen LogP) is 5.22. The van der Waals surface area contributed by atoms with Gasteiger partial charge in [-0.15, -0.1) is 0 Å². The fourth-order valence-corrected chi connectivity index (χ4v) is 3.40. The van der Waals surface area contributed by atoms with Crippen LogP contribution in [0.15, 0.2) is 56.8 Å². The number of hydrogen-bond acceptors (Lipinski definition) is 7. The molecule has 0 aliphatic rings. The maximum Gasteiger partial charge on any atom is 0.238 e. The van der Waals surface area contributed by atoms with Crippen molar-refractivity contribution < 1.29 is 29.9 Å². The molecule has 0 aliphatic carbocycles. The first kappa shape index (κ1) is 22.8. The Hall–Kier alpha value is -3.87. The molecule has 7 heteroatoms. The molecule has 0 unspecified atom stereocenters. The molecule has 0 amide bonds. The quantitative estimate of drug-likeness (QED) is 0.263. The second kappa shape index (κ2) is 9.09. The second-order valence-electron chi connectivity index (χ2n) is 7.98. The van der Waals surface area contributed by atoms with Crippen LogP contribution in [0.4, 0.5) is 0 Å². The van der Waals surface area contributed by atoms with Gasteiger partial charge in [0.25, 0.3) is 0 Å². The molecule has 0 spiro atoms. The first-order valence-corrected chi connectivity index (χ1v) is 10.1. The Morgan fingerprint density at radius 2 is 1.62 bits per heavy atom. The van der Waals surface area contributed by atoms with Crippen molar-refractivity contribution in [2.75, 3.05) is 0 Å². The average Bonchev–Trinajstić information content (AvgIpc) is 2.71. The van der Waals surface area contributed by atoms with Crippen molar-refractivity contribution in [3.8, 4) is 40.1 Å². The van der Waals surface area contributed by atoms with E-state index in [9.17, 15) is 30.3 Å². The summed E-state index contributed by atoms with van der Waals surface area (Å²) >= 11 is 0. The van der Waals surface area contributed by atoms with Crippen molar-refractivity contribution >= 4 is 11.0 Å². The summed E-state index contributed by atoms with van der Waals surface area (Å²) in [5, 5.41) is 50.2. The normalized spacial score (nSPS) is 11.7. The Morgan fingerprint density at radius 3 is 2.28 bits per heavy atom. The summed E-state index contributed by atoms with van der Waals surface area (Å²) in [7, 11) is 0. The van der Waals surface area contributed by atoms with Crippen LogP contribution < -0.4 is 5.43 Å². The number of fused-ring (bicyclic) bond motifs is 1. The molecule has 3 aromatic rings. The third-order valence-electron chi connectivity index (χ3n) is 5.18. The van der Waals surface area contributed by atoms with Gasteiger partial charge in [0.05, 0.1) is 0 Å². The first-order valence-electron chi connectivity index (χ1n) is 10.1. The Labute approximate surface area is 184 Å². The standard InChI is InChI=1S/C25H26O7/c1-13(2)5-4-6-14(3)7-9-16-18(27)12-20(29)21-22(30)23(31)24(32-25(16)21)15-8-10-17(26)19(28)11-15/h5,7-8,10-12,26-29,31H,4,6,9H2,1-3H3/b14-7+. The highest BCUT2D eigenvalue weighted by atomic mass is 16.4. The summed E-state index contributed by atoms with van der Waals surface area (Å²) in [6.45, 7) is 6.02. The van der Waals surface area contributed by atoms with Crippen molar-refractivity contribution in [1.82, 2.24) is 0 Å². The monoisotopic (exact) mass is 438 g/mol. The molecule has 0 aliphatic heterocycles. The predicted molar refractivity (Wildman–Crippen MR) is 122 cm³/mol. The fourth-order valence-electron chi connectivity index (χ4n) is 3.40. The smallest absolute Gasteiger partial charge is 0.238 e. The zero-order chi connectivity index (χ0) is 23.6. The Balaban J connectivity index is 2.15. The lowest BCUT2D eigenvalue weighted by Crippen LogP contribution is -2.05. The van der Waals surface area contributed by atoms with E-state index >= 15 is 0 Å². The summed E-state index contributed by atoms with van der Waals surface area (Å²) in [6, 6.07) is 4.73. The highest BCUT2D eigenvalue weighted by Crippen LogP contribution is 2.40. The molecular weight excluding hydrogens is 412 g/mol. The fraction of sp³-hybridized carbons (Fsp3) is 0.240. The molecule has 0 bridgehead atoms. The van der Waals surface area contributed by atoms with Crippen molar-refractivity contribution in [2.45, 2.75) is 40.0 Å². The van der Waals surface area contributed by atoms with Crippen LogP contribution in [0.2, 0.25) is 0 Å². The number of hydrogen-bond donors (Lipinski definition) is 5. The second-order valence-corrected chi connectivity index (χ2v) is 7.98. The van der Waals surface area contributed by atoms with Gasteiger partial charge in [-0.3, -0.25) is 4.79 Å². The van der Waals surface area contributed by atoms with Gasteiger partial charge in [0.2, 0.25) is 11.2 Å². The molecule has 0 fully saturated rings. The summed E-state index contributed by atoms with van der Waals surface area (Å²) in [4.78, 5) is 12.8. The Kier molecular flexibility index (Phi) is 6.48. The number of rotatable bonds is 6. The topological polar surface area (TPSA) is 131 Å². The van der Waals surface area contributed by atoms with Crippen LogP contribution >= 0.6 is 0 Å². The molecule has 1 aromatic heterocycles. The van der Waals surface area contributed by atoms with Crippen LogP contribution in [-0.4, -0.2) is 25.5 Å². The molecular formula is C25H26O7. The van der Waals surface area contributed by atoms with E-state index in [-0.39, 0.29) is 45.8 Å². The van der Waals surface area contributed by atoms with Crippen LogP contribution in [-0.2, 0) is 6.42 Å². The third-order valence-corrected chi connectivity index (χ3v) is 5.18. The summed E-state index contributed by atoms with van der Waals surface area (Å²) in [5.74, 6) is -2.62. The first-order chi connectivity index (χ1) is 15.1. The van der Waals surface area contributed by atoms with Gasteiger partial charge in [-0.25, -0.2) is 0 Å². The molecule has 7 nitrogen and oxygen atoms in total. The maximum atomic E-state index is 12.8. The van der Waals surface area contributed by atoms with Gasteiger partial charge >= 0.3 is 0 Å². The number of benzene rings is 2. The van der Waals surface area contributed by atoms with Crippen LogP contribution in [0.25, 0.3) is 22.3 Å². The minimum absolute atomic E-state index is 0.0683. The van der Waals surface area contributed by atoms with Gasteiger partial charge in [-0.05, 0) is 58.2 Å². The average molecular weight is 438 g/mol. The SMILES string of the molecule is CC(C)=CCC/C(C)=C/Cc1c(O)cc(O)c2c(=O)c(O)c(-c3ccc(O)c(O)c3)oc12. The van der Waals surface area contributed by atoms with Crippen LogP contribution in [0.5, 0.6) is 28.7 Å². The van der Waals surface area contributed by atoms with Gasteiger partial charge < -0.3 is 29.9 Å². The zero-order valence-electron chi connectivity index (χ0n) is 18.1. The molecule has 32 heavy (non-hydrogen) atoms. The summed E-state index contributed by atoms with van der Waals surface area (Å²) in [6.07, 6.45) is 5.97. The van der Waals surface area contributed by atoms with E-state index in [0.717, 1.165) is 30.5 Å².